The zero-order valence-corrected chi connectivity index (χ0v) is 16.1. The molecule has 2 aromatic rings. The number of thiophene rings is 1. The molecule has 1 aromatic carbocycles. The first-order valence-electron chi connectivity index (χ1n) is 9.52. The van der Waals surface area contributed by atoms with E-state index in [0.29, 0.717) is 15.3 Å². The summed E-state index contributed by atoms with van der Waals surface area (Å²) in [7, 11) is 0. The van der Waals surface area contributed by atoms with Crippen LogP contribution in [0.5, 0.6) is 0 Å². The van der Waals surface area contributed by atoms with Crippen LogP contribution >= 0.6 is 22.9 Å². The largest absolute Gasteiger partial charge is 0.348 e. The lowest BCUT2D eigenvalue weighted by atomic mass is 9.48. The van der Waals surface area contributed by atoms with E-state index in [1.807, 2.05) is 24.3 Å². The minimum Gasteiger partial charge on any atom is -0.348 e. The molecule has 2 nitrogen and oxygen atoms in total. The van der Waals surface area contributed by atoms with Crippen molar-refractivity contribution in [1.82, 2.24) is 5.32 Å². The van der Waals surface area contributed by atoms with E-state index in [0.717, 1.165) is 27.8 Å². The molecule has 4 fully saturated rings. The highest BCUT2D eigenvalue weighted by Crippen LogP contribution is 2.61. The molecule has 4 heteroatoms. The number of carbonyl (C=O) groups excluding carboxylic acids is 1. The molecule has 1 heterocycles. The Labute approximate surface area is 157 Å². The number of benzene rings is 1. The standard InChI is InChI=1S/C21H24ClNOS/c1-12(21-9-13-6-14(10-21)8-15(7-13)11-21)23-20(24)19-18(22)16-4-2-3-5-17(16)25-19/h2-5,12-15H,6-11H2,1H3,(H,23,24). The molecule has 25 heavy (non-hydrogen) atoms. The lowest BCUT2D eigenvalue weighted by Gasteiger charge is -2.59. The third-order valence-electron chi connectivity index (χ3n) is 7.09. The van der Waals surface area contributed by atoms with Gasteiger partial charge in [0.05, 0.1) is 5.02 Å². The molecule has 0 radical (unpaired) electrons. The van der Waals surface area contributed by atoms with E-state index in [2.05, 4.69) is 12.2 Å². The van der Waals surface area contributed by atoms with Crippen LogP contribution in [0.4, 0.5) is 0 Å². The fraction of sp³-hybridized carbons (Fsp3) is 0.571. The van der Waals surface area contributed by atoms with Crippen molar-refractivity contribution in [3.63, 3.8) is 0 Å². The number of nitrogens with one attached hydrogen (secondary N) is 1. The lowest BCUT2D eigenvalue weighted by Crippen LogP contribution is -2.55. The van der Waals surface area contributed by atoms with E-state index in [4.69, 9.17) is 11.6 Å². The Morgan fingerprint density at radius 2 is 1.76 bits per heavy atom. The van der Waals surface area contributed by atoms with E-state index in [-0.39, 0.29) is 11.9 Å². The van der Waals surface area contributed by atoms with Gasteiger partial charge in [-0.3, -0.25) is 4.79 Å². The fourth-order valence-electron chi connectivity index (χ4n) is 6.28. The van der Waals surface area contributed by atoms with Crippen LogP contribution in [0, 0.1) is 23.2 Å². The van der Waals surface area contributed by atoms with Crippen LogP contribution in [0.1, 0.15) is 55.1 Å². The Hall–Kier alpha value is -1.06. The summed E-state index contributed by atoms with van der Waals surface area (Å²) in [5.74, 6) is 2.71. The van der Waals surface area contributed by atoms with Gasteiger partial charge in [-0.05, 0) is 74.7 Å². The minimum absolute atomic E-state index is 0.00875. The average Bonchev–Trinajstić information content (AvgIpc) is 2.91. The van der Waals surface area contributed by atoms with Crippen molar-refractivity contribution in [2.24, 2.45) is 23.2 Å². The Kier molecular flexibility index (Phi) is 3.69. The molecule has 1 atom stereocenters. The molecule has 4 saturated carbocycles. The van der Waals surface area contributed by atoms with E-state index < -0.39 is 0 Å². The summed E-state index contributed by atoms with van der Waals surface area (Å²) < 4.78 is 1.08. The van der Waals surface area contributed by atoms with Crippen molar-refractivity contribution < 1.29 is 4.79 Å². The molecule has 4 aliphatic rings. The van der Waals surface area contributed by atoms with Gasteiger partial charge < -0.3 is 5.32 Å². The molecule has 1 amide bonds. The smallest absolute Gasteiger partial charge is 0.263 e. The third-order valence-corrected chi connectivity index (χ3v) is 8.77. The molecule has 1 aromatic heterocycles. The monoisotopic (exact) mass is 373 g/mol. The third kappa shape index (κ3) is 2.54. The topological polar surface area (TPSA) is 29.1 Å². The predicted octanol–water partition coefficient (Wildman–Crippen LogP) is 5.89. The molecule has 6 rings (SSSR count). The van der Waals surface area contributed by atoms with Crippen molar-refractivity contribution in [3.8, 4) is 0 Å². The van der Waals surface area contributed by atoms with Gasteiger partial charge in [-0.1, -0.05) is 29.8 Å². The van der Waals surface area contributed by atoms with Gasteiger partial charge in [0.2, 0.25) is 0 Å². The summed E-state index contributed by atoms with van der Waals surface area (Å²) in [6.45, 7) is 2.23. The molecule has 1 N–H and O–H groups in total. The predicted molar refractivity (Wildman–Crippen MR) is 104 cm³/mol. The Bertz CT molecular complexity index is 806. The minimum atomic E-state index is 0.00875. The maximum absolute atomic E-state index is 13.0. The quantitative estimate of drug-likeness (QED) is 0.714. The molecular weight excluding hydrogens is 350 g/mol. The summed E-state index contributed by atoms with van der Waals surface area (Å²) in [4.78, 5) is 13.6. The number of hydrogen-bond donors (Lipinski definition) is 1. The molecule has 0 aliphatic heterocycles. The second kappa shape index (κ2) is 5.72. The maximum atomic E-state index is 13.0. The number of halogens is 1. The van der Waals surface area contributed by atoms with Crippen molar-refractivity contribution in [2.45, 2.75) is 51.5 Å². The first kappa shape index (κ1) is 16.1. The van der Waals surface area contributed by atoms with Gasteiger partial charge in [0.1, 0.15) is 4.88 Å². The van der Waals surface area contributed by atoms with Gasteiger partial charge in [0.15, 0.2) is 0 Å². The van der Waals surface area contributed by atoms with E-state index in [1.54, 1.807) is 0 Å². The summed E-state index contributed by atoms with van der Waals surface area (Å²) >= 11 is 8.01. The van der Waals surface area contributed by atoms with Gasteiger partial charge in [-0.15, -0.1) is 11.3 Å². The first-order valence-corrected chi connectivity index (χ1v) is 10.7. The number of carbonyl (C=O) groups is 1. The summed E-state index contributed by atoms with van der Waals surface area (Å²) in [5, 5.41) is 4.94. The summed E-state index contributed by atoms with van der Waals surface area (Å²) in [6.07, 6.45) is 8.22. The second-order valence-electron chi connectivity index (χ2n) is 8.72. The van der Waals surface area contributed by atoms with Gasteiger partial charge in [-0.2, -0.15) is 0 Å². The van der Waals surface area contributed by atoms with Crippen molar-refractivity contribution in [3.05, 3.63) is 34.2 Å². The van der Waals surface area contributed by atoms with Crippen LogP contribution < -0.4 is 5.32 Å². The molecule has 1 unspecified atom stereocenters. The lowest BCUT2D eigenvalue weighted by molar-refractivity contribution is -0.0687. The van der Waals surface area contributed by atoms with Gasteiger partial charge in [-0.25, -0.2) is 0 Å². The Morgan fingerprint density at radius 1 is 1.16 bits per heavy atom. The van der Waals surface area contributed by atoms with Crippen LogP contribution in [0.15, 0.2) is 24.3 Å². The SMILES string of the molecule is CC(NC(=O)c1sc2ccccc2c1Cl)C12CC3CC(CC(C3)C1)C2. The van der Waals surface area contributed by atoms with Crippen LogP contribution in [-0.4, -0.2) is 11.9 Å². The first-order chi connectivity index (χ1) is 12.0. The Balaban J connectivity index is 1.39. The fourth-order valence-corrected chi connectivity index (χ4v) is 7.70. The zero-order chi connectivity index (χ0) is 17.2. The average molecular weight is 374 g/mol. The highest BCUT2D eigenvalue weighted by atomic mass is 35.5. The number of rotatable bonds is 3. The second-order valence-corrected chi connectivity index (χ2v) is 10.1. The van der Waals surface area contributed by atoms with Crippen molar-refractivity contribution in [1.29, 1.82) is 0 Å². The highest BCUT2D eigenvalue weighted by molar-refractivity contribution is 7.21. The van der Waals surface area contributed by atoms with E-state index in [1.165, 1.54) is 49.9 Å². The number of amides is 1. The molecule has 4 aliphatic carbocycles. The zero-order valence-electron chi connectivity index (χ0n) is 14.6. The summed E-state index contributed by atoms with van der Waals surface area (Å²) in [5.41, 5.74) is 0.327. The van der Waals surface area contributed by atoms with Crippen LogP contribution in [0.3, 0.4) is 0 Å². The molecular formula is C21H24ClNOS. The van der Waals surface area contributed by atoms with Crippen LogP contribution in [0.2, 0.25) is 5.02 Å². The molecule has 132 valence electrons. The van der Waals surface area contributed by atoms with Crippen molar-refractivity contribution >= 4 is 38.9 Å². The summed E-state index contributed by atoms with van der Waals surface area (Å²) in [6, 6.07) is 8.23. The molecule has 0 saturated heterocycles. The maximum Gasteiger partial charge on any atom is 0.263 e. The van der Waals surface area contributed by atoms with Crippen LogP contribution in [-0.2, 0) is 0 Å². The normalized spacial score (nSPS) is 34.4. The van der Waals surface area contributed by atoms with Gasteiger partial charge in [0.25, 0.3) is 5.91 Å². The van der Waals surface area contributed by atoms with E-state index >= 15 is 0 Å². The van der Waals surface area contributed by atoms with E-state index in [9.17, 15) is 4.79 Å². The van der Waals surface area contributed by atoms with Gasteiger partial charge in [0, 0.05) is 16.1 Å². The molecule has 4 bridgehead atoms. The van der Waals surface area contributed by atoms with Crippen molar-refractivity contribution in [2.75, 3.05) is 0 Å². The highest BCUT2D eigenvalue weighted by Gasteiger charge is 2.53. The van der Waals surface area contributed by atoms with Crippen LogP contribution in [0.25, 0.3) is 10.1 Å². The number of fused-ring (bicyclic) bond motifs is 1. The molecule has 0 spiro atoms. The Morgan fingerprint density at radius 3 is 2.36 bits per heavy atom. The number of hydrogen-bond acceptors (Lipinski definition) is 2. The van der Waals surface area contributed by atoms with Gasteiger partial charge >= 0.3 is 0 Å².